The highest BCUT2D eigenvalue weighted by Gasteiger charge is 2.44. The van der Waals surface area contributed by atoms with Crippen LogP contribution in [0.3, 0.4) is 0 Å². The van der Waals surface area contributed by atoms with Crippen LogP contribution in [0.4, 0.5) is 0 Å². The fourth-order valence-corrected chi connectivity index (χ4v) is 3.48. The maximum atomic E-state index is 10.5. The molecule has 2 heterocycles. The summed E-state index contributed by atoms with van der Waals surface area (Å²) in [6.07, 6.45) is -6.90. The zero-order valence-electron chi connectivity index (χ0n) is 13.9. The predicted molar refractivity (Wildman–Crippen MR) is 99.4 cm³/mol. The molecule has 0 amide bonds. The quantitative estimate of drug-likeness (QED) is 0.566. The molecule has 3 rings (SSSR count). The van der Waals surface area contributed by atoms with E-state index in [0.717, 1.165) is 0 Å². The third-order valence-electron chi connectivity index (χ3n) is 4.50. The van der Waals surface area contributed by atoms with E-state index in [1.165, 1.54) is 4.57 Å². The number of nitriles is 1. The Morgan fingerprint density at radius 3 is 2.33 bits per heavy atom. The van der Waals surface area contributed by atoms with E-state index in [4.69, 9.17) is 28.6 Å². The number of ether oxygens (including phenoxy) is 1. The van der Waals surface area contributed by atoms with E-state index in [9.17, 15) is 25.7 Å². The van der Waals surface area contributed by atoms with Gasteiger partial charge in [-0.05, 0) is 29.8 Å². The molecule has 1 aromatic carbocycles. The molecule has 2 aromatic rings. The van der Waals surface area contributed by atoms with E-state index in [2.05, 4.69) is 0 Å². The fraction of sp³-hybridized carbons (Fsp3) is 0.333. The number of nitrogens with zero attached hydrogens (tertiary/aromatic N) is 2. The summed E-state index contributed by atoms with van der Waals surface area (Å²) in [7, 11) is 0. The number of halogens is 1. The summed E-state index contributed by atoms with van der Waals surface area (Å²) in [5, 5.41) is 49.9. The van der Waals surface area contributed by atoms with E-state index in [0.29, 0.717) is 16.3 Å². The van der Waals surface area contributed by atoms with Gasteiger partial charge in [0.1, 0.15) is 35.1 Å². The monoisotopic (exact) mass is 408 g/mol. The first-order chi connectivity index (χ1) is 12.9. The van der Waals surface area contributed by atoms with Crippen molar-refractivity contribution in [2.75, 3.05) is 6.61 Å². The number of aliphatic hydroxyl groups is 4. The molecule has 1 aromatic heterocycles. The third kappa shape index (κ3) is 3.63. The Hall–Kier alpha value is -1.83. The Morgan fingerprint density at radius 2 is 1.74 bits per heavy atom. The molecule has 0 spiro atoms. The average Bonchev–Trinajstić information content (AvgIpc) is 2.67. The number of aromatic nitrogens is 1. The minimum absolute atomic E-state index is 0.0919. The van der Waals surface area contributed by atoms with Crippen LogP contribution in [0.5, 0.6) is 0 Å². The van der Waals surface area contributed by atoms with Crippen LogP contribution in [0.2, 0.25) is 5.02 Å². The molecule has 142 valence electrons. The minimum Gasteiger partial charge on any atom is -0.394 e. The van der Waals surface area contributed by atoms with E-state index in [1.807, 2.05) is 6.07 Å². The highest BCUT2D eigenvalue weighted by atomic mass is 35.5. The second-order valence-corrected chi connectivity index (χ2v) is 6.97. The van der Waals surface area contributed by atoms with Crippen molar-refractivity contribution in [2.45, 2.75) is 30.6 Å². The van der Waals surface area contributed by atoms with Crippen LogP contribution in [0.25, 0.3) is 11.3 Å². The van der Waals surface area contributed by atoms with E-state index in [-0.39, 0.29) is 10.2 Å². The molecule has 9 heteroatoms. The second kappa shape index (κ2) is 8.04. The number of pyridine rings is 1. The number of aliphatic hydroxyl groups excluding tert-OH is 4. The first kappa shape index (κ1) is 19.9. The van der Waals surface area contributed by atoms with Gasteiger partial charge in [-0.15, -0.1) is 0 Å². The SMILES string of the molecule is N#Cc1ccc(-c2ccc(Cl)cc2)n([C@@H]2O[C@@H](CO)[C@@H](O)[C@@H](O)[C@@H]2O)c1=S. The topological polar surface area (TPSA) is 119 Å². The van der Waals surface area contributed by atoms with Gasteiger partial charge in [-0.25, -0.2) is 0 Å². The summed E-state index contributed by atoms with van der Waals surface area (Å²) in [5.74, 6) is 0. The summed E-state index contributed by atoms with van der Waals surface area (Å²) in [5.41, 5.74) is 1.38. The van der Waals surface area contributed by atoms with Gasteiger partial charge in [0.05, 0.1) is 17.9 Å². The molecule has 0 saturated carbocycles. The van der Waals surface area contributed by atoms with E-state index < -0.39 is 37.3 Å². The van der Waals surface area contributed by atoms with Crippen LogP contribution < -0.4 is 0 Å². The Morgan fingerprint density at radius 1 is 1.07 bits per heavy atom. The standard InChI is InChI=1S/C18H17ClN2O5S/c19-11-4-1-9(2-5-11)12-6-3-10(7-20)18(27)21(12)17-16(25)15(24)14(23)13(8-22)26-17/h1-6,13-17,22-25H,8H2/t13-,14+,15+,16-,17+/m0/s1. The molecule has 1 aliphatic heterocycles. The molecule has 0 bridgehead atoms. The van der Waals surface area contributed by atoms with Gasteiger partial charge in [-0.1, -0.05) is 36.0 Å². The maximum absolute atomic E-state index is 10.5. The Balaban J connectivity index is 2.19. The predicted octanol–water partition coefficient (Wildman–Crippen LogP) is 1.38. The largest absolute Gasteiger partial charge is 0.394 e. The van der Waals surface area contributed by atoms with Gasteiger partial charge >= 0.3 is 0 Å². The lowest BCUT2D eigenvalue weighted by Gasteiger charge is -2.41. The molecular formula is C18H17ClN2O5S. The summed E-state index contributed by atoms with van der Waals surface area (Å²) in [6, 6.07) is 12.0. The van der Waals surface area contributed by atoms with Gasteiger partial charge in [0.25, 0.3) is 0 Å². The van der Waals surface area contributed by atoms with Gasteiger partial charge in [0, 0.05) is 5.02 Å². The van der Waals surface area contributed by atoms with Crippen molar-refractivity contribution in [1.29, 1.82) is 5.26 Å². The van der Waals surface area contributed by atoms with Crippen molar-refractivity contribution in [3.8, 4) is 17.3 Å². The molecule has 0 radical (unpaired) electrons. The molecule has 0 aliphatic carbocycles. The lowest BCUT2D eigenvalue weighted by molar-refractivity contribution is -0.251. The lowest BCUT2D eigenvalue weighted by atomic mass is 9.97. The Kier molecular flexibility index (Phi) is 5.93. The lowest BCUT2D eigenvalue weighted by Crippen LogP contribution is -2.56. The van der Waals surface area contributed by atoms with Gasteiger partial charge in [-0.2, -0.15) is 5.26 Å². The third-order valence-corrected chi connectivity index (χ3v) is 5.17. The summed E-state index contributed by atoms with van der Waals surface area (Å²) >= 11 is 11.3. The minimum atomic E-state index is -1.56. The maximum Gasteiger partial charge on any atom is 0.164 e. The van der Waals surface area contributed by atoms with Gasteiger partial charge in [0.15, 0.2) is 6.23 Å². The smallest absolute Gasteiger partial charge is 0.164 e. The highest BCUT2D eigenvalue weighted by molar-refractivity contribution is 7.71. The average molecular weight is 409 g/mol. The molecule has 4 N–H and O–H groups in total. The number of rotatable bonds is 3. The van der Waals surface area contributed by atoms with E-state index in [1.54, 1.807) is 36.4 Å². The van der Waals surface area contributed by atoms with Crippen LogP contribution in [0.15, 0.2) is 36.4 Å². The molecular weight excluding hydrogens is 392 g/mol. The molecule has 1 saturated heterocycles. The number of hydrogen-bond donors (Lipinski definition) is 4. The molecule has 0 unspecified atom stereocenters. The fourth-order valence-electron chi connectivity index (χ4n) is 3.04. The Bertz CT molecular complexity index is 925. The zero-order valence-corrected chi connectivity index (χ0v) is 15.5. The Labute approximate surface area is 165 Å². The van der Waals surface area contributed by atoms with Crippen molar-refractivity contribution in [2.24, 2.45) is 0 Å². The van der Waals surface area contributed by atoms with E-state index >= 15 is 0 Å². The summed E-state index contributed by atoms with van der Waals surface area (Å²) in [4.78, 5) is 0. The van der Waals surface area contributed by atoms with Crippen LogP contribution >= 0.6 is 23.8 Å². The molecule has 7 nitrogen and oxygen atoms in total. The molecule has 1 aliphatic rings. The number of benzene rings is 1. The highest BCUT2D eigenvalue weighted by Crippen LogP contribution is 2.33. The molecule has 5 atom stereocenters. The first-order valence-corrected chi connectivity index (χ1v) is 8.89. The number of hydrogen-bond acceptors (Lipinski definition) is 7. The van der Waals surface area contributed by atoms with Crippen molar-refractivity contribution in [3.05, 3.63) is 51.6 Å². The van der Waals surface area contributed by atoms with Crippen molar-refractivity contribution >= 4 is 23.8 Å². The van der Waals surface area contributed by atoms with Crippen molar-refractivity contribution in [1.82, 2.24) is 4.57 Å². The van der Waals surface area contributed by atoms with Gasteiger partial charge in [0.2, 0.25) is 0 Å². The van der Waals surface area contributed by atoms with Crippen molar-refractivity contribution in [3.63, 3.8) is 0 Å². The molecule has 1 fully saturated rings. The first-order valence-electron chi connectivity index (χ1n) is 8.11. The summed E-state index contributed by atoms with van der Waals surface area (Å²) in [6.45, 7) is -0.566. The normalized spacial score (nSPS) is 27.9. The zero-order chi connectivity index (χ0) is 19.7. The van der Waals surface area contributed by atoms with Crippen LogP contribution in [-0.2, 0) is 4.74 Å². The van der Waals surface area contributed by atoms with Crippen LogP contribution in [0, 0.1) is 16.0 Å². The molecule has 27 heavy (non-hydrogen) atoms. The second-order valence-electron chi connectivity index (χ2n) is 6.15. The van der Waals surface area contributed by atoms with Crippen LogP contribution in [-0.4, -0.2) is 56.0 Å². The van der Waals surface area contributed by atoms with Gasteiger partial charge in [-0.3, -0.25) is 0 Å². The van der Waals surface area contributed by atoms with Crippen LogP contribution in [0.1, 0.15) is 11.8 Å². The van der Waals surface area contributed by atoms with Gasteiger partial charge < -0.3 is 29.7 Å². The van der Waals surface area contributed by atoms with Crippen molar-refractivity contribution < 1.29 is 25.2 Å². The summed E-state index contributed by atoms with van der Waals surface area (Å²) < 4.78 is 7.13.